The molecule has 1 aromatic heterocycles. The first-order valence-corrected chi connectivity index (χ1v) is 8.65. The molecule has 0 aliphatic heterocycles. The molecule has 5 heteroatoms. The maximum absolute atomic E-state index is 10.5. The number of carbonyl (C=O) groups is 1. The van der Waals surface area contributed by atoms with Crippen molar-refractivity contribution in [1.82, 2.24) is 9.55 Å². The molecule has 1 atom stereocenters. The van der Waals surface area contributed by atoms with Crippen molar-refractivity contribution in [2.75, 3.05) is 6.61 Å². The Labute approximate surface area is 152 Å². The Balaban J connectivity index is 1.94. The number of benzene rings is 2. The summed E-state index contributed by atoms with van der Waals surface area (Å²) in [4.78, 5) is 15.2. The lowest BCUT2D eigenvalue weighted by atomic mass is 10.1. The van der Waals surface area contributed by atoms with E-state index in [0.29, 0.717) is 6.54 Å². The van der Waals surface area contributed by atoms with Gasteiger partial charge in [0.1, 0.15) is 12.1 Å². The number of allylic oxidation sites excluding steroid dienone is 1. The molecule has 26 heavy (non-hydrogen) atoms. The van der Waals surface area contributed by atoms with Crippen LogP contribution >= 0.6 is 0 Å². The molecule has 2 N–H and O–H groups in total. The Morgan fingerprint density at radius 1 is 1.12 bits per heavy atom. The highest BCUT2D eigenvalue weighted by Crippen LogP contribution is 2.21. The molecule has 0 aliphatic carbocycles. The summed E-state index contributed by atoms with van der Waals surface area (Å²) < 4.78 is 1.96. The normalized spacial score (nSPS) is 12.7. The summed E-state index contributed by atoms with van der Waals surface area (Å²) >= 11 is 0. The van der Waals surface area contributed by atoms with Crippen molar-refractivity contribution in [3.05, 3.63) is 71.6 Å². The molecular formula is C21H22N2O3. The topological polar surface area (TPSA) is 75.4 Å². The van der Waals surface area contributed by atoms with Crippen LogP contribution in [0.2, 0.25) is 0 Å². The fraction of sp³-hybridized carbons (Fsp3) is 0.238. The van der Waals surface area contributed by atoms with Crippen LogP contribution in [0.4, 0.5) is 0 Å². The monoisotopic (exact) mass is 350 g/mol. The van der Waals surface area contributed by atoms with Gasteiger partial charge in [0.25, 0.3) is 0 Å². The Morgan fingerprint density at radius 3 is 2.65 bits per heavy atom. The molecule has 0 saturated heterocycles. The van der Waals surface area contributed by atoms with Crippen molar-refractivity contribution in [1.29, 1.82) is 0 Å². The number of aldehydes is 1. The van der Waals surface area contributed by atoms with Crippen LogP contribution in [0.1, 0.15) is 17.0 Å². The molecule has 5 nitrogen and oxygen atoms in total. The highest BCUT2D eigenvalue weighted by Gasteiger charge is 2.14. The Hall–Kier alpha value is -2.76. The number of aliphatic hydroxyl groups excluding tert-OH is 2. The molecule has 0 amide bonds. The highest BCUT2D eigenvalue weighted by molar-refractivity contribution is 5.81. The number of nitrogens with zero attached hydrogens (tertiary/aromatic N) is 2. The van der Waals surface area contributed by atoms with Crippen molar-refractivity contribution in [3.8, 4) is 0 Å². The summed E-state index contributed by atoms with van der Waals surface area (Å²) in [7, 11) is 0. The van der Waals surface area contributed by atoms with E-state index in [4.69, 9.17) is 4.98 Å². The summed E-state index contributed by atoms with van der Waals surface area (Å²) in [5.41, 5.74) is 3.84. The molecule has 0 fully saturated rings. The molecule has 1 unspecified atom stereocenters. The van der Waals surface area contributed by atoms with E-state index < -0.39 is 6.10 Å². The zero-order valence-electron chi connectivity index (χ0n) is 14.5. The van der Waals surface area contributed by atoms with E-state index >= 15 is 0 Å². The number of imidazole rings is 1. The van der Waals surface area contributed by atoms with Crippen LogP contribution in [-0.4, -0.2) is 38.8 Å². The van der Waals surface area contributed by atoms with Gasteiger partial charge in [-0.1, -0.05) is 42.5 Å². The van der Waals surface area contributed by atoms with Crippen molar-refractivity contribution in [2.24, 2.45) is 0 Å². The predicted molar refractivity (Wildman–Crippen MR) is 102 cm³/mol. The molecule has 0 saturated carbocycles. The Morgan fingerprint density at radius 2 is 1.92 bits per heavy atom. The van der Waals surface area contributed by atoms with Gasteiger partial charge in [0, 0.05) is 6.42 Å². The van der Waals surface area contributed by atoms with Gasteiger partial charge in [-0.3, -0.25) is 4.79 Å². The van der Waals surface area contributed by atoms with Crippen molar-refractivity contribution in [2.45, 2.75) is 25.5 Å². The number of rotatable bonds is 8. The number of fused-ring (bicyclic) bond motifs is 1. The number of aliphatic hydroxyl groups is 2. The molecular weight excluding hydrogens is 328 g/mol. The van der Waals surface area contributed by atoms with Gasteiger partial charge >= 0.3 is 0 Å². The van der Waals surface area contributed by atoms with Crippen LogP contribution in [0.25, 0.3) is 17.1 Å². The first-order chi connectivity index (χ1) is 12.7. The maximum atomic E-state index is 10.5. The lowest BCUT2D eigenvalue weighted by Gasteiger charge is -2.13. The molecule has 0 aliphatic rings. The quantitative estimate of drug-likeness (QED) is 0.483. The van der Waals surface area contributed by atoms with Gasteiger partial charge in [-0.25, -0.2) is 4.98 Å². The maximum Gasteiger partial charge on any atom is 0.142 e. The van der Waals surface area contributed by atoms with Crippen LogP contribution < -0.4 is 0 Å². The number of aromatic nitrogens is 2. The molecule has 0 radical (unpaired) electrons. The third-order valence-electron chi connectivity index (χ3n) is 4.30. The summed E-state index contributed by atoms with van der Waals surface area (Å²) in [5, 5.41) is 19.1. The molecule has 0 bridgehead atoms. The highest BCUT2D eigenvalue weighted by atomic mass is 16.3. The van der Waals surface area contributed by atoms with E-state index in [0.717, 1.165) is 41.5 Å². The van der Waals surface area contributed by atoms with E-state index in [1.165, 1.54) is 11.6 Å². The van der Waals surface area contributed by atoms with E-state index in [1.807, 2.05) is 41.0 Å². The molecule has 134 valence electrons. The predicted octanol–water partition coefficient (Wildman–Crippen LogP) is 2.39. The summed E-state index contributed by atoms with van der Waals surface area (Å²) in [6.45, 7) is -0.00139. The van der Waals surface area contributed by atoms with Gasteiger partial charge in [-0.2, -0.15) is 0 Å². The Kier molecular flexibility index (Phi) is 5.94. The molecule has 2 aromatic carbocycles. The zero-order chi connectivity index (χ0) is 18.4. The van der Waals surface area contributed by atoms with E-state index in [1.54, 1.807) is 6.08 Å². The minimum Gasteiger partial charge on any atom is -0.394 e. The lowest BCUT2D eigenvalue weighted by molar-refractivity contribution is -0.104. The average molecular weight is 350 g/mol. The molecule has 3 aromatic rings. The average Bonchev–Trinajstić information content (AvgIpc) is 3.02. The van der Waals surface area contributed by atoms with Crippen molar-refractivity contribution >= 4 is 23.4 Å². The first kappa shape index (κ1) is 18.0. The second kappa shape index (κ2) is 8.56. The SMILES string of the molecule is O=C/C=C/c1ccc2c(c1)nc(CCc1ccccc1)n2CC(O)CO. The summed E-state index contributed by atoms with van der Waals surface area (Å²) in [6.07, 6.45) is 4.67. The fourth-order valence-electron chi connectivity index (χ4n) is 3.01. The Bertz CT molecular complexity index is 900. The van der Waals surface area contributed by atoms with E-state index in [9.17, 15) is 15.0 Å². The van der Waals surface area contributed by atoms with Crippen molar-refractivity contribution < 1.29 is 15.0 Å². The van der Waals surface area contributed by atoms with E-state index in [2.05, 4.69) is 12.1 Å². The summed E-state index contributed by atoms with van der Waals surface area (Å²) in [5.74, 6) is 0.868. The van der Waals surface area contributed by atoms with Gasteiger partial charge in [0.05, 0.1) is 30.3 Å². The third kappa shape index (κ3) is 4.25. The largest absolute Gasteiger partial charge is 0.394 e. The van der Waals surface area contributed by atoms with Gasteiger partial charge in [-0.05, 0) is 35.8 Å². The van der Waals surface area contributed by atoms with Crippen LogP contribution in [0.5, 0.6) is 0 Å². The van der Waals surface area contributed by atoms with Gasteiger partial charge < -0.3 is 14.8 Å². The number of carbonyl (C=O) groups excluding carboxylic acids is 1. The zero-order valence-corrected chi connectivity index (χ0v) is 14.5. The molecule has 3 rings (SSSR count). The number of hydrogen-bond donors (Lipinski definition) is 2. The van der Waals surface area contributed by atoms with Crippen molar-refractivity contribution in [3.63, 3.8) is 0 Å². The minimum atomic E-state index is -0.836. The third-order valence-corrected chi connectivity index (χ3v) is 4.30. The van der Waals surface area contributed by atoms with Crippen LogP contribution in [-0.2, 0) is 24.2 Å². The van der Waals surface area contributed by atoms with Gasteiger partial charge in [0.2, 0.25) is 0 Å². The fourth-order valence-corrected chi connectivity index (χ4v) is 3.01. The summed E-state index contributed by atoms with van der Waals surface area (Å²) in [6, 6.07) is 15.9. The van der Waals surface area contributed by atoms with Crippen LogP contribution in [0.3, 0.4) is 0 Å². The lowest BCUT2D eigenvalue weighted by Crippen LogP contribution is -2.21. The van der Waals surface area contributed by atoms with Gasteiger partial charge in [0.15, 0.2) is 0 Å². The minimum absolute atomic E-state index is 0.292. The number of aryl methyl sites for hydroxylation is 2. The second-order valence-corrected chi connectivity index (χ2v) is 6.20. The van der Waals surface area contributed by atoms with Crippen LogP contribution in [0, 0.1) is 0 Å². The first-order valence-electron chi connectivity index (χ1n) is 8.65. The van der Waals surface area contributed by atoms with Gasteiger partial charge in [-0.15, -0.1) is 0 Å². The second-order valence-electron chi connectivity index (χ2n) is 6.20. The smallest absolute Gasteiger partial charge is 0.142 e. The van der Waals surface area contributed by atoms with Crippen LogP contribution in [0.15, 0.2) is 54.6 Å². The molecule has 1 heterocycles. The van der Waals surface area contributed by atoms with E-state index in [-0.39, 0.29) is 6.61 Å². The number of hydrogen-bond acceptors (Lipinski definition) is 4. The molecule has 0 spiro atoms. The standard InChI is InChI=1S/C21H22N2O3/c24-12-4-7-17-8-10-20-19(13-17)22-21(23(20)14-18(26)15-25)11-9-16-5-2-1-3-6-16/h1-8,10,12-13,18,25-26H,9,11,14-15H2/b7-4+.